The van der Waals surface area contributed by atoms with Crippen molar-refractivity contribution in [1.29, 1.82) is 0 Å². The first-order valence-corrected chi connectivity index (χ1v) is 8.34. The molecule has 0 saturated heterocycles. The normalized spacial score (nSPS) is 12.1. The summed E-state index contributed by atoms with van der Waals surface area (Å²) in [5, 5.41) is 13.5. The van der Waals surface area contributed by atoms with Crippen LogP contribution in [0.5, 0.6) is 11.5 Å². The second-order valence-corrected chi connectivity index (χ2v) is 6.02. The van der Waals surface area contributed by atoms with E-state index in [1.54, 1.807) is 18.2 Å². The number of amides is 1. The van der Waals surface area contributed by atoms with E-state index in [0.29, 0.717) is 17.2 Å². The highest BCUT2D eigenvalue weighted by Gasteiger charge is 2.05. The Morgan fingerprint density at radius 2 is 2.00 bits per heavy atom. The molecule has 1 atom stereocenters. The van der Waals surface area contributed by atoms with Gasteiger partial charge in [0.05, 0.1) is 6.21 Å². The molecule has 5 nitrogen and oxygen atoms in total. The molecular formula is C20H24N2O3. The average molecular weight is 340 g/mol. The van der Waals surface area contributed by atoms with E-state index in [4.69, 9.17) is 4.74 Å². The molecule has 1 amide bonds. The Labute approximate surface area is 148 Å². The van der Waals surface area contributed by atoms with Gasteiger partial charge in [0.15, 0.2) is 6.61 Å². The molecule has 0 aliphatic carbocycles. The number of hydrogen-bond acceptors (Lipinski definition) is 4. The Morgan fingerprint density at radius 1 is 1.28 bits per heavy atom. The number of hydrazone groups is 1. The zero-order chi connectivity index (χ0) is 18.2. The van der Waals surface area contributed by atoms with Crippen LogP contribution in [0, 0.1) is 6.92 Å². The first kappa shape index (κ1) is 18.5. The van der Waals surface area contributed by atoms with Gasteiger partial charge in [0.25, 0.3) is 5.91 Å². The Kier molecular flexibility index (Phi) is 6.57. The van der Waals surface area contributed by atoms with Crippen LogP contribution in [0.4, 0.5) is 0 Å². The smallest absolute Gasteiger partial charge is 0.277 e. The minimum absolute atomic E-state index is 0.112. The highest BCUT2D eigenvalue weighted by molar-refractivity contribution is 5.85. The number of ether oxygens (including phenoxy) is 1. The lowest BCUT2D eigenvalue weighted by Gasteiger charge is -2.10. The molecule has 0 aliphatic heterocycles. The fourth-order valence-corrected chi connectivity index (χ4v) is 2.26. The van der Waals surface area contributed by atoms with Crippen LogP contribution in [0.1, 0.15) is 42.9 Å². The van der Waals surface area contributed by atoms with E-state index < -0.39 is 0 Å². The van der Waals surface area contributed by atoms with Crippen LogP contribution in [0.15, 0.2) is 47.6 Å². The van der Waals surface area contributed by atoms with Crippen molar-refractivity contribution < 1.29 is 14.6 Å². The second-order valence-electron chi connectivity index (χ2n) is 6.02. The third-order valence-electron chi connectivity index (χ3n) is 4.01. The van der Waals surface area contributed by atoms with E-state index in [-0.39, 0.29) is 18.3 Å². The SMILES string of the molecule is CCC(C)c1ccc(OCC(=O)N/N=C/c2cc(C)ccc2O)cc1. The van der Waals surface area contributed by atoms with Crippen LogP contribution in [-0.2, 0) is 4.79 Å². The Morgan fingerprint density at radius 3 is 2.68 bits per heavy atom. The molecule has 0 spiro atoms. The number of carbonyl (C=O) groups excluding carboxylic acids is 1. The summed E-state index contributed by atoms with van der Waals surface area (Å²) in [4.78, 5) is 11.8. The first-order chi connectivity index (χ1) is 12.0. The molecule has 2 N–H and O–H groups in total. The van der Waals surface area contributed by atoms with Gasteiger partial charge < -0.3 is 9.84 Å². The first-order valence-electron chi connectivity index (χ1n) is 8.34. The van der Waals surface area contributed by atoms with Crippen molar-refractivity contribution in [3.63, 3.8) is 0 Å². The number of aromatic hydroxyl groups is 1. The number of hydrogen-bond donors (Lipinski definition) is 2. The number of aryl methyl sites for hydroxylation is 1. The summed E-state index contributed by atoms with van der Waals surface area (Å²) in [6, 6.07) is 12.9. The van der Waals surface area contributed by atoms with E-state index in [9.17, 15) is 9.90 Å². The molecule has 0 aromatic heterocycles. The monoisotopic (exact) mass is 340 g/mol. The van der Waals surface area contributed by atoms with Crippen LogP contribution in [0.2, 0.25) is 0 Å². The van der Waals surface area contributed by atoms with Gasteiger partial charge in [-0.15, -0.1) is 0 Å². The predicted molar refractivity (Wildman–Crippen MR) is 99.2 cm³/mol. The predicted octanol–water partition coefficient (Wildman–Crippen LogP) is 3.74. The number of nitrogens with one attached hydrogen (secondary N) is 1. The lowest BCUT2D eigenvalue weighted by molar-refractivity contribution is -0.123. The van der Waals surface area contributed by atoms with E-state index >= 15 is 0 Å². The zero-order valence-electron chi connectivity index (χ0n) is 14.8. The molecule has 0 saturated carbocycles. The van der Waals surface area contributed by atoms with Gasteiger partial charge >= 0.3 is 0 Å². The van der Waals surface area contributed by atoms with Crippen LogP contribution in [-0.4, -0.2) is 23.8 Å². The van der Waals surface area contributed by atoms with E-state index in [1.807, 2.05) is 31.2 Å². The van der Waals surface area contributed by atoms with E-state index in [1.165, 1.54) is 11.8 Å². The van der Waals surface area contributed by atoms with Crippen molar-refractivity contribution >= 4 is 12.1 Å². The molecule has 132 valence electrons. The molecule has 2 aromatic rings. The fourth-order valence-electron chi connectivity index (χ4n) is 2.26. The third-order valence-corrected chi connectivity index (χ3v) is 4.01. The van der Waals surface area contributed by atoms with Crippen molar-refractivity contribution in [2.45, 2.75) is 33.1 Å². The van der Waals surface area contributed by atoms with Gasteiger partial charge in [0, 0.05) is 5.56 Å². The molecule has 1 unspecified atom stereocenters. The molecule has 0 heterocycles. The highest BCUT2D eigenvalue weighted by Crippen LogP contribution is 2.21. The zero-order valence-corrected chi connectivity index (χ0v) is 14.8. The van der Waals surface area contributed by atoms with Gasteiger partial charge in [-0.1, -0.05) is 37.6 Å². The van der Waals surface area contributed by atoms with Crippen molar-refractivity contribution in [2.24, 2.45) is 5.10 Å². The topological polar surface area (TPSA) is 70.9 Å². The molecule has 0 radical (unpaired) electrons. The maximum atomic E-state index is 11.8. The quantitative estimate of drug-likeness (QED) is 0.596. The number of phenols is 1. The van der Waals surface area contributed by atoms with Gasteiger partial charge in [-0.3, -0.25) is 4.79 Å². The minimum Gasteiger partial charge on any atom is -0.507 e. The Bertz CT molecular complexity index is 739. The summed E-state index contributed by atoms with van der Waals surface area (Å²) >= 11 is 0. The number of nitrogens with zero attached hydrogens (tertiary/aromatic N) is 1. The molecule has 0 bridgehead atoms. The number of phenolic OH excluding ortho intramolecular Hbond substituents is 1. The second kappa shape index (κ2) is 8.87. The summed E-state index contributed by atoms with van der Waals surface area (Å²) in [6.07, 6.45) is 2.48. The van der Waals surface area contributed by atoms with Gasteiger partial charge in [0.2, 0.25) is 0 Å². The lowest BCUT2D eigenvalue weighted by Crippen LogP contribution is -2.24. The lowest BCUT2D eigenvalue weighted by atomic mass is 9.99. The van der Waals surface area contributed by atoms with Crippen LogP contribution >= 0.6 is 0 Å². The largest absolute Gasteiger partial charge is 0.507 e. The van der Waals surface area contributed by atoms with Crippen LogP contribution in [0.3, 0.4) is 0 Å². The van der Waals surface area contributed by atoms with Gasteiger partial charge in [-0.25, -0.2) is 5.43 Å². The summed E-state index contributed by atoms with van der Waals surface area (Å²) in [5.41, 5.74) is 5.17. The molecule has 2 rings (SSSR count). The fraction of sp³-hybridized carbons (Fsp3) is 0.300. The molecule has 5 heteroatoms. The highest BCUT2D eigenvalue weighted by atomic mass is 16.5. The van der Waals surface area contributed by atoms with Crippen molar-refractivity contribution in [3.05, 3.63) is 59.2 Å². The third kappa shape index (κ3) is 5.64. The van der Waals surface area contributed by atoms with Crippen LogP contribution < -0.4 is 10.2 Å². The van der Waals surface area contributed by atoms with Gasteiger partial charge in [-0.05, 0) is 49.1 Å². The molecule has 0 aliphatic rings. The van der Waals surface area contributed by atoms with Gasteiger partial charge in [-0.2, -0.15) is 5.10 Å². The van der Waals surface area contributed by atoms with Gasteiger partial charge in [0.1, 0.15) is 11.5 Å². The molecule has 25 heavy (non-hydrogen) atoms. The maximum Gasteiger partial charge on any atom is 0.277 e. The maximum absolute atomic E-state index is 11.8. The van der Waals surface area contributed by atoms with Crippen molar-refractivity contribution in [3.8, 4) is 11.5 Å². The number of carbonyl (C=O) groups is 1. The summed E-state index contributed by atoms with van der Waals surface area (Å²) in [6.45, 7) is 6.11. The molecule has 0 fully saturated rings. The number of benzene rings is 2. The summed E-state index contributed by atoms with van der Waals surface area (Å²) in [7, 11) is 0. The minimum atomic E-state index is -0.366. The van der Waals surface area contributed by atoms with Crippen LogP contribution in [0.25, 0.3) is 0 Å². The molecular weight excluding hydrogens is 316 g/mol. The molecule has 2 aromatic carbocycles. The Balaban J connectivity index is 1.82. The number of rotatable bonds is 7. The van der Waals surface area contributed by atoms with E-state index in [0.717, 1.165) is 12.0 Å². The van der Waals surface area contributed by atoms with Crippen molar-refractivity contribution in [2.75, 3.05) is 6.61 Å². The van der Waals surface area contributed by atoms with Crippen molar-refractivity contribution in [1.82, 2.24) is 5.43 Å². The average Bonchev–Trinajstić information content (AvgIpc) is 2.62. The van der Waals surface area contributed by atoms with E-state index in [2.05, 4.69) is 24.4 Å². The summed E-state index contributed by atoms with van der Waals surface area (Å²) < 4.78 is 5.45. The summed E-state index contributed by atoms with van der Waals surface area (Å²) in [5.74, 6) is 0.892. The Hall–Kier alpha value is -2.82. The standard InChI is InChI=1S/C20H24N2O3/c1-4-15(3)16-6-8-18(9-7-16)25-13-20(24)22-21-12-17-11-14(2)5-10-19(17)23/h5-12,15,23H,4,13H2,1-3H3,(H,22,24)/b21-12+.